The SMILES string of the molecule is CNS(=O)(=O)c1cc(C(=O)NC(c2cccc(OC)c2)c2nccn2C)ccc1OC. The van der Waals surface area contributed by atoms with E-state index in [1.165, 1.54) is 32.4 Å². The molecule has 10 heteroatoms. The molecule has 2 aromatic carbocycles. The molecule has 1 aromatic heterocycles. The third kappa shape index (κ3) is 4.70. The van der Waals surface area contributed by atoms with Crippen LogP contribution >= 0.6 is 0 Å². The number of ether oxygens (including phenoxy) is 2. The minimum Gasteiger partial charge on any atom is -0.497 e. The summed E-state index contributed by atoms with van der Waals surface area (Å²) in [6, 6.07) is 10.9. The highest BCUT2D eigenvalue weighted by atomic mass is 32.2. The van der Waals surface area contributed by atoms with Crippen molar-refractivity contribution in [3.8, 4) is 11.5 Å². The Morgan fingerprint density at radius 1 is 1.13 bits per heavy atom. The summed E-state index contributed by atoms with van der Waals surface area (Å²) in [5, 5.41) is 2.94. The lowest BCUT2D eigenvalue weighted by atomic mass is 10.0. The van der Waals surface area contributed by atoms with Gasteiger partial charge in [0, 0.05) is 25.0 Å². The molecule has 3 aromatic rings. The van der Waals surface area contributed by atoms with Crippen LogP contribution in [0.3, 0.4) is 0 Å². The maximum atomic E-state index is 13.1. The van der Waals surface area contributed by atoms with Crippen molar-refractivity contribution in [1.82, 2.24) is 19.6 Å². The normalized spacial score (nSPS) is 12.3. The second-order valence-corrected chi connectivity index (χ2v) is 8.51. The molecule has 0 aliphatic carbocycles. The standard InChI is InChI=1S/C21H24N4O5S/c1-22-31(27,28)18-13-15(8-9-17(18)30-4)21(26)24-19(20-23-10-11-25(20)2)14-6-5-7-16(12-14)29-3/h5-13,19,22H,1-4H3,(H,24,26). The number of carbonyl (C=O) groups is 1. The van der Waals surface area contributed by atoms with Gasteiger partial charge in [-0.1, -0.05) is 12.1 Å². The lowest BCUT2D eigenvalue weighted by molar-refractivity contribution is 0.0941. The molecule has 1 unspecified atom stereocenters. The van der Waals surface area contributed by atoms with E-state index >= 15 is 0 Å². The van der Waals surface area contributed by atoms with Crippen LogP contribution in [-0.2, 0) is 17.1 Å². The molecule has 1 amide bonds. The lowest BCUT2D eigenvalue weighted by Crippen LogP contribution is -2.31. The van der Waals surface area contributed by atoms with E-state index in [9.17, 15) is 13.2 Å². The van der Waals surface area contributed by atoms with Crippen LogP contribution in [0, 0.1) is 0 Å². The van der Waals surface area contributed by atoms with Crippen LogP contribution in [0.25, 0.3) is 0 Å². The summed E-state index contributed by atoms with van der Waals surface area (Å²) in [5.74, 6) is 0.918. The fraction of sp³-hybridized carbons (Fsp3) is 0.238. The number of aromatic nitrogens is 2. The summed E-state index contributed by atoms with van der Waals surface area (Å²) in [6.07, 6.45) is 3.42. The van der Waals surface area contributed by atoms with Gasteiger partial charge in [-0.15, -0.1) is 0 Å². The molecule has 0 fully saturated rings. The van der Waals surface area contributed by atoms with Crippen LogP contribution in [0.4, 0.5) is 0 Å². The number of amides is 1. The van der Waals surface area contributed by atoms with Crippen LogP contribution in [0.2, 0.25) is 0 Å². The summed E-state index contributed by atoms with van der Waals surface area (Å²) in [7, 11) is 2.22. The number of carbonyl (C=O) groups excluding carboxylic acids is 1. The maximum absolute atomic E-state index is 13.1. The predicted octanol–water partition coefficient (Wildman–Crippen LogP) is 1.86. The Labute approximate surface area is 181 Å². The second kappa shape index (κ2) is 9.19. The zero-order valence-corrected chi connectivity index (χ0v) is 18.4. The number of rotatable bonds is 8. The summed E-state index contributed by atoms with van der Waals surface area (Å²) in [5.41, 5.74) is 0.926. The fourth-order valence-electron chi connectivity index (χ4n) is 3.13. The summed E-state index contributed by atoms with van der Waals surface area (Å²) < 4.78 is 39.2. The molecule has 0 radical (unpaired) electrons. The number of methoxy groups -OCH3 is 2. The van der Waals surface area contributed by atoms with Crippen molar-refractivity contribution in [3.05, 3.63) is 71.8 Å². The molecular formula is C21H24N4O5S. The van der Waals surface area contributed by atoms with Gasteiger partial charge in [0.25, 0.3) is 5.91 Å². The number of nitrogens with one attached hydrogen (secondary N) is 2. The zero-order valence-electron chi connectivity index (χ0n) is 17.6. The summed E-state index contributed by atoms with van der Waals surface area (Å²) in [6.45, 7) is 0. The van der Waals surface area contributed by atoms with E-state index in [0.29, 0.717) is 11.6 Å². The molecule has 1 atom stereocenters. The first kappa shape index (κ1) is 22.3. The Balaban J connectivity index is 2.01. The minimum absolute atomic E-state index is 0.125. The highest BCUT2D eigenvalue weighted by Gasteiger charge is 2.24. The first-order chi connectivity index (χ1) is 14.8. The van der Waals surface area contributed by atoms with E-state index in [0.717, 1.165) is 5.56 Å². The molecule has 164 valence electrons. The highest BCUT2D eigenvalue weighted by molar-refractivity contribution is 7.89. The Bertz CT molecular complexity index is 1190. The Kier molecular flexibility index (Phi) is 6.62. The van der Waals surface area contributed by atoms with Crippen molar-refractivity contribution in [3.63, 3.8) is 0 Å². The van der Waals surface area contributed by atoms with Crippen molar-refractivity contribution in [2.24, 2.45) is 7.05 Å². The molecule has 1 heterocycles. The van der Waals surface area contributed by atoms with Crippen LogP contribution in [0.1, 0.15) is 27.8 Å². The zero-order chi connectivity index (χ0) is 22.6. The molecule has 2 N–H and O–H groups in total. The molecule has 0 aliphatic rings. The van der Waals surface area contributed by atoms with Gasteiger partial charge in [-0.05, 0) is 42.9 Å². The average molecular weight is 445 g/mol. The number of aryl methyl sites for hydroxylation is 1. The number of nitrogens with zero attached hydrogens (tertiary/aromatic N) is 2. The number of benzene rings is 2. The summed E-state index contributed by atoms with van der Waals surface area (Å²) in [4.78, 5) is 17.4. The van der Waals surface area contributed by atoms with Gasteiger partial charge < -0.3 is 19.4 Å². The van der Waals surface area contributed by atoms with Gasteiger partial charge in [-0.3, -0.25) is 4.79 Å². The van der Waals surface area contributed by atoms with E-state index in [4.69, 9.17) is 9.47 Å². The maximum Gasteiger partial charge on any atom is 0.252 e. The third-order valence-corrected chi connectivity index (χ3v) is 6.24. The monoisotopic (exact) mass is 444 g/mol. The van der Waals surface area contributed by atoms with Gasteiger partial charge in [-0.2, -0.15) is 0 Å². The number of hydrogen-bond donors (Lipinski definition) is 2. The number of hydrogen-bond acceptors (Lipinski definition) is 6. The Morgan fingerprint density at radius 3 is 2.52 bits per heavy atom. The van der Waals surface area contributed by atoms with E-state index in [-0.39, 0.29) is 16.2 Å². The van der Waals surface area contributed by atoms with Gasteiger partial charge in [0.1, 0.15) is 28.3 Å². The van der Waals surface area contributed by atoms with Gasteiger partial charge in [0.15, 0.2) is 0 Å². The topological polar surface area (TPSA) is 112 Å². The predicted molar refractivity (Wildman–Crippen MR) is 115 cm³/mol. The molecule has 0 saturated heterocycles. The quantitative estimate of drug-likeness (QED) is 0.549. The average Bonchev–Trinajstić information content (AvgIpc) is 3.22. The second-order valence-electron chi connectivity index (χ2n) is 6.65. The smallest absolute Gasteiger partial charge is 0.252 e. The van der Waals surface area contributed by atoms with Crippen molar-refractivity contribution < 1.29 is 22.7 Å². The molecule has 31 heavy (non-hydrogen) atoms. The Hall–Kier alpha value is -3.37. The molecular weight excluding hydrogens is 420 g/mol. The first-order valence-corrected chi connectivity index (χ1v) is 10.8. The molecule has 0 aliphatic heterocycles. The minimum atomic E-state index is -3.82. The molecule has 3 rings (SSSR count). The lowest BCUT2D eigenvalue weighted by Gasteiger charge is -2.20. The van der Waals surface area contributed by atoms with Crippen molar-refractivity contribution in [1.29, 1.82) is 0 Å². The molecule has 0 spiro atoms. The van der Waals surface area contributed by atoms with Gasteiger partial charge in [0.05, 0.1) is 14.2 Å². The van der Waals surface area contributed by atoms with Gasteiger partial charge in [-0.25, -0.2) is 18.1 Å². The molecule has 0 saturated carbocycles. The van der Waals surface area contributed by atoms with Crippen LogP contribution in [0.5, 0.6) is 11.5 Å². The van der Waals surface area contributed by atoms with Gasteiger partial charge >= 0.3 is 0 Å². The number of sulfonamides is 1. The van der Waals surface area contributed by atoms with Gasteiger partial charge in [0.2, 0.25) is 10.0 Å². The van der Waals surface area contributed by atoms with Crippen molar-refractivity contribution in [2.45, 2.75) is 10.9 Å². The fourth-order valence-corrected chi connectivity index (χ4v) is 4.04. The largest absolute Gasteiger partial charge is 0.497 e. The van der Waals surface area contributed by atoms with E-state index in [2.05, 4.69) is 15.0 Å². The van der Waals surface area contributed by atoms with Crippen molar-refractivity contribution >= 4 is 15.9 Å². The first-order valence-electron chi connectivity index (χ1n) is 9.34. The highest BCUT2D eigenvalue weighted by Crippen LogP contribution is 2.27. The van der Waals surface area contributed by atoms with E-state index in [1.807, 2.05) is 25.2 Å². The van der Waals surface area contributed by atoms with Crippen molar-refractivity contribution in [2.75, 3.05) is 21.3 Å². The summed E-state index contributed by atoms with van der Waals surface area (Å²) >= 11 is 0. The molecule has 9 nitrogen and oxygen atoms in total. The van der Waals surface area contributed by atoms with Crippen LogP contribution in [0.15, 0.2) is 59.8 Å². The van der Waals surface area contributed by atoms with E-state index < -0.39 is 22.0 Å². The molecule has 0 bridgehead atoms. The third-order valence-electron chi connectivity index (χ3n) is 4.80. The van der Waals surface area contributed by atoms with Crippen LogP contribution in [-0.4, -0.2) is 45.1 Å². The Morgan fingerprint density at radius 2 is 1.90 bits per heavy atom. The van der Waals surface area contributed by atoms with Crippen LogP contribution < -0.4 is 19.5 Å². The number of imidazole rings is 1. The van der Waals surface area contributed by atoms with E-state index in [1.54, 1.807) is 30.1 Å².